The summed E-state index contributed by atoms with van der Waals surface area (Å²) >= 11 is 0. The Balaban J connectivity index is 2.20. The molecule has 0 saturated carbocycles. The van der Waals surface area contributed by atoms with E-state index in [1.807, 2.05) is 6.07 Å². The summed E-state index contributed by atoms with van der Waals surface area (Å²) in [6, 6.07) is 5.35. The predicted molar refractivity (Wildman–Crippen MR) is 67.4 cm³/mol. The van der Waals surface area contributed by atoms with Gasteiger partial charge in [0.15, 0.2) is 5.82 Å². The number of aliphatic hydroxyl groups excluding tert-OH is 1. The second kappa shape index (κ2) is 5.92. The van der Waals surface area contributed by atoms with Crippen molar-refractivity contribution in [1.29, 1.82) is 0 Å². The SMILES string of the molecule is COc1ccc(-c2nccc(NCCO)n2)cn1. The van der Waals surface area contributed by atoms with Gasteiger partial charge in [0.2, 0.25) is 5.88 Å². The molecule has 0 aliphatic heterocycles. The van der Waals surface area contributed by atoms with E-state index in [0.29, 0.717) is 24.1 Å². The van der Waals surface area contributed by atoms with Crippen molar-refractivity contribution in [3.05, 3.63) is 30.6 Å². The van der Waals surface area contributed by atoms with E-state index in [1.165, 1.54) is 0 Å². The monoisotopic (exact) mass is 246 g/mol. The van der Waals surface area contributed by atoms with Crippen LogP contribution in [0.15, 0.2) is 30.6 Å². The van der Waals surface area contributed by atoms with Crippen molar-refractivity contribution in [2.75, 3.05) is 25.6 Å². The van der Waals surface area contributed by atoms with Gasteiger partial charge in [0.1, 0.15) is 5.82 Å². The summed E-state index contributed by atoms with van der Waals surface area (Å²) in [6.45, 7) is 0.515. The van der Waals surface area contributed by atoms with Gasteiger partial charge in [0.25, 0.3) is 0 Å². The molecule has 2 rings (SSSR count). The van der Waals surface area contributed by atoms with E-state index in [4.69, 9.17) is 9.84 Å². The Morgan fingerprint density at radius 3 is 2.83 bits per heavy atom. The van der Waals surface area contributed by atoms with Crippen molar-refractivity contribution in [1.82, 2.24) is 15.0 Å². The molecule has 0 unspecified atom stereocenters. The molecule has 2 aromatic rings. The van der Waals surface area contributed by atoms with Crippen molar-refractivity contribution < 1.29 is 9.84 Å². The fourth-order valence-electron chi connectivity index (χ4n) is 1.41. The number of hydrogen-bond donors (Lipinski definition) is 2. The van der Waals surface area contributed by atoms with Crippen LogP contribution in [0.5, 0.6) is 5.88 Å². The number of hydrogen-bond acceptors (Lipinski definition) is 6. The van der Waals surface area contributed by atoms with Crippen LogP contribution >= 0.6 is 0 Å². The van der Waals surface area contributed by atoms with Crippen molar-refractivity contribution in [2.24, 2.45) is 0 Å². The highest BCUT2D eigenvalue weighted by Crippen LogP contribution is 2.17. The molecule has 0 amide bonds. The lowest BCUT2D eigenvalue weighted by molar-refractivity contribution is 0.311. The van der Waals surface area contributed by atoms with Gasteiger partial charge in [-0.3, -0.25) is 0 Å². The minimum Gasteiger partial charge on any atom is -0.481 e. The van der Waals surface area contributed by atoms with Crippen LogP contribution in [0.25, 0.3) is 11.4 Å². The van der Waals surface area contributed by atoms with Gasteiger partial charge in [-0.25, -0.2) is 15.0 Å². The third-order valence-corrected chi connectivity index (χ3v) is 2.28. The molecular weight excluding hydrogens is 232 g/mol. The number of rotatable bonds is 5. The van der Waals surface area contributed by atoms with Crippen LogP contribution in [0.2, 0.25) is 0 Å². The summed E-state index contributed by atoms with van der Waals surface area (Å²) in [5.41, 5.74) is 0.809. The minimum absolute atomic E-state index is 0.0590. The lowest BCUT2D eigenvalue weighted by Gasteiger charge is -2.05. The molecule has 0 fully saturated rings. The molecule has 94 valence electrons. The number of pyridine rings is 1. The third kappa shape index (κ3) is 2.92. The maximum absolute atomic E-state index is 8.74. The summed E-state index contributed by atoms with van der Waals surface area (Å²) < 4.78 is 4.99. The van der Waals surface area contributed by atoms with Crippen molar-refractivity contribution in [2.45, 2.75) is 0 Å². The van der Waals surface area contributed by atoms with E-state index in [2.05, 4.69) is 20.3 Å². The Kier molecular flexibility index (Phi) is 4.03. The van der Waals surface area contributed by atoms with E-state index < -0.39 is 0 Å². The summed E-state index contributed by atoms with van der Waals surface area (Å²) in [7, 11) is 1.57. The molecule has 0 spiro atoms. The molecule has 0 aliphatic rings. The van der Waals surface area contributed by atoms with Crippen LogP contribution in [0.3, 0.4) is 0 Å². The average molecular weight is 246 g/mol. The summed E-state index contributed by atoms with van der Waals surface area (Å²) in [6.07, 6.45) is 3.32. The van der Waals surface area contributed by atoms with Gasteiger partial charge in [0, 0.05) is 30.6 Å². The summed E-state index contributed by atoms with van der Waals surface area (Å²) in [5.74, 6) is 1.80. The molecule has 0 aliphatic carbocycles. The number of methoxy groups -OCH3 is 1. The molecule has 0 bridgehead atoms. The maximum atomic E-state index is 8.74. The summed E-state index contributed by atoms with van der Waals surface area (Å²) in [5, 5.41) is 11.7. The highest BCUT2D eigenvalue weighted by atomic mass is 16.5. The van der Waals surface area contributed by atoms with E-state index >= 15 is 0 Å². The largest absolute Gasteiger partial charge is 0.481 e. The topological polar surface area (TPSA) is 80.2 Å². The first-order valence-electron chi connectivity index (χ1n) is 5.51. The quantitative estimate of drug-likeness (QED) is 0.817. The fraction of sp³-hybridized carbons (Fsp3) is 0.250. The van der Waals surface area contributed by atoms with E-state index in [9.17, 15) is 0 Å². The number of aliphatic hydroxyl groups is 1. The van der Waals surface area contributed by atoms with E-state index in [0.717, 1.165) is 5.56 Å². The van der Waals surface area contributed by atoms with Crippen LogP contribution in [0.4, 0.5) is 5.82 Å². The Morgan fingerprint density at radius 1 is 1.28 bits per heavy atom. The molecule has 0 atom stereocenters. The maximum Gasteiger partial charge on any atom is 0.212 e. The third-order valence-electron chi connectivity index (χ3n) is 2.28. The molecule has 6 heteroatoms. The first kappa shape index (κ1) is 12.3. The Bertz CT molecular complexity index is 502. The van der Waals surface area contributed by atoms with Gasteiger partial charge < -0.3 is 15.2 Å². The molecule has 2 heterocycles. The zero-order valence-electron chi connectivity index (χ0n) is 10.00. The molecule has 0 aromatic carbocycles. The highest BCUT2D eigenvalue weighted by molar-refractivity contribution is 5.56. The second-order valence-electron chi connectivity index (χ2n) is 3.51. The normalized spacial score (nSPS) is 10.1. The predicted octanol–water partition coefficient (Wildman–Crippen LogP) is 0.951. The van der Waals surface area contributed by atoms with Crippen LogP contribution in [-0.4, -0.2) is 40.3 Å². The van der Waals surface area contributed by atoms with Gasteiger partial charge in [-0.05, 0) is 12.1 Å². The van der Waals surface area contributed by atoms with Gasteiger partial charge in [-0.2, -0.15) is 0 Å². The van der Waals surface area contributed by atoms with Crippen molar-refractivity contribution in [3.8, 4) is 17.3 Å². The van der Waals surface area contributed by atoms with Crippen molar-refractivity contribution >= 4 is 5.82 Å². The lowest BCUT2D eigenvalue weighted by atomic mass is 10.2. The zero-order chi connectivity index (χ0) is 12.8. The van der Waals surface area contributed by atoms with Gasteiger partial charge >= 0.3 is 0 Å². The molecule has 6 nitrogen and oxygen atoms in total. The Morgan fingerprint density at radius 2 is 2.17 bits per heavy atom. The number of aromatic nitrogens is 3. The highest BCUT2D eigenvalue weighted by Gasteiger charge is 2.03. The first-order chi connectivity index (χ1) is 8.83. The second-order valence-corrected chi connectivity index (χ2v) is 3.51. The number of ether oxygens (including phenoxy) is 1. The molecular formula is C12H14N4O2. The van der Waals surface area contributed by atoms with E-state index in [-0.39, 0.29) is 6.61 Å². The Labute approximate surface area is 105 Å². The summed E-state index contributed by atoms with van der Waals surface area (Å²) in [4.78, 5) is 12.6. The van der Waals surface area contributed by atoms with Gasteiger partial charge in [0.05, 0.1) is 13.7 Å². The zero-order valence-corrected chi connectivity index (χ0v) is 10.00. The van der Waals surface area contributed by atoms with Gasteiger partial charge in [-0.15, -0.1) is 0 Å². The lowest BCUT2D eigenvalue weighted by Crippen LogP contribution is -2.07. The average Bonchev–Trinajstić information content (AvgIpc) is 2.45. The smallest absolute Gasteiger partial charge is 0.212 e. The number of nitrogens with one attached hydrogen (secondary N) is 1. The molecule has 2 N–H and O–H groups in total. The molecule has 0 radical (unpaired) electrons. The number of anilines is 1. The molecule has 2 aromatic heterocycles. The molecule has 0 saturated heterocycles. The van der Waals surface area contributed by atoms with E-state index in [1.54, 1.807) is 31.6 Å². The van der Waals surface area contributed by atoms with Gasteiger partial charge in [-0.1, -0.05) is 0 Å². The Hall–Kier alpha value is -2.21. The van der Waals surface area contributed by atoms with Crippen LogP contribution < -0.4 is 10.1 Å². The number of nitrogens with zero attached hydrogens (tertiary/aromatic N) is 3. The molecule has 18 heavy (non-hydrogen) atoms. The first-order valence-corrected chi connectivity index (χ1v) is 5.51. The fourth-order valence-corrected chi connectivity index (χ4v) is 1.41. The van der Waals surface area contributed by atoms with Crippen LogP contribution in [0.1, 0.15) is 0 Å². The van der Waals surface area contributed by atoms with Crippen LogP contribution in [0, 0.1) is 0 Å². The standard InChI is InChI=1S/C12H14N4O2/c1-18-11-3-2-9(8-15-11)12-14-5-4-10(16-12)13-6-7-17/h2-5,8,17H,6-7H2,1H3,(H,13,14,16). The van der Waals surface area contributed by atoms with Crippen LogP contribution in [-0.2, 0) is 0 Å². The minimum atomic E-state index is 0.0590. The van der Waals surface area contributed by atoms with Crippen molar-refractivity contribution in [3.63, 3.8) is 0 Å².